The van der Waals surface area contributed by atoms with Gasteiger partial charge < -0.3 is 9.47 Å². The molecule has 0 saturated carbocycles. The van der Waals surface area contributed by atoms with Crippen molar-refractivity contribution < 1.29 is 19.1 Å². The van der Waals surface area contributed by atoms with E-state index in [0.717, 1.165) is 17.5 Å². The van der Waals surface area contributed by atoms with Gasteiger partial charge >= 0.3 is 5.97 Å². The van der Waals surface area contributed by atoms with E-state index in [4.69, 9.17) is 9.47 Å². The monoisotopic (exact) mass is 354 g/mol. The fourth-order valence-corrected chi connectivity index (χ4v) is 2.08. The number of carbonyl (C=O) groups excluding carboxylic acids is 2. The summed E-state index contributed by atoms with van der Waals surface area (Å²) in [6.07, 6.45) is 2.34. The van der Waals surface area contributed by atoms with E-state index in [1.54, 1.807) is 30.5 Å². The third-order valence-corrected chi connectivity index (χ3v) is 3.34. The number of hydrogen-bond acceptors (Lipinski definition) is 5. The second-order valence-corrected chi connectivity index (χ2v) is 5.66. The molecule has 2 aromatic rings. The highest BCUT2D eigenvalue weighted by Gasteiger charge is 2.07. The number of rotatable bonds is 8. The first-order valence-corrected chi connectivity index (χ1v) is 8.37. The van der Waals surface area contributed by atoms with Crippen LogP contribution in [0.5, 0.6) is 5.75 Å². The van der Waals surface area contributed by atoms with E-state index in [1.165, 1.54) is 0 Å². The van der Waals surface area contributed by atoms with E-state index in [0.29, 0.717) is 17.9 Å². The Morgan fingerprint density at radius 1 is 1.15 bits per heavy atom. The highest BCUT2D eigenvalue weighted by atomic mass is 16.5. The Kier molecular flexibility index (Phi) is 7.36. The minimum atomic E-state index is -0.375. The summed E-state index contributed by atoms with van der Waals surface area (Å²) in [6.45, 7) is 4.13. The van der Waals surface area contributed by atoms with Crippen molar-refractivity contribution in [3.05, 3.63) is 65.2 Å². The van der Waals surface area contributed by atoms with Gasteiger partial charge in [0.15, 0.2) is 6.61 Å². The zero-order chi connectivity index (χ0) is 18.8. The lowest BCUT2D eigenvalue weighted by Crippen LogP contribution is -2.24. The van der Waals surface area contributed by atoms with Crippen LogP contribution in [0.15, 0.2) is 53.6 Å². The van der Waals surface area contributed by atoms with E-state index >= 15 is 0 Å². The zero-order valence-corrected chi connectivity index (χ0v) is 14.9. The number of hydrazone groups is 1. The molecule has 6 nitrogen and oxygen atoms in total. The highest BCUT2D eigenvalue weighted by molar-refractivity contribution is 5.89. The Labute approximate surface area is 152 Å². The number of hydrogen-bond donors (Lipinski definition) is 1. The van der Waals surface area contributed by atoms with Gasteiger partial charge in [-0.25, -0.2) is 10.2 Å². The molecule has 0 unspecified atom stereocenters. The molecular weight excluding hydrogens is 332 g/mol. The average Bonchev–Trinajstić information content (AvgIpc) is 2.65. The molecule has 0 saturated heterocycles. The van der Waals surface area contributed by atoms with Crippen LogP contribution in [0.3, 0.4) is 0 Å². The van der Waals surface area contributed by atoms with Crippen LogP contribution < -0.4 is 10.2 Å². The van der Waals surface area contributed by atoms with Crippen molar-refractivity contribution in [3.8, 4) is 5.75 Å². The third-order valence-electron chi connectivity index (χ3n) is 3.34. The van der Waals surface area contributed by atoms with Crippen molar-refractivity contribution in [2.24, 2.45) is 5.10 Å². The first-order chi connectivity index (χ1) is 12.6. The average molecular weight is 354 g/mol. The minimum Gasteiger partial charge on any atom is -0.484 e. The number of nitrogens with zero attached hydrogens (tertiary/aromatic N) is 1. The molecule has 0 aliphatic heterocycles. The van der Waals surface area contributed by atoms with Crippen LogP contribution in [0.2, 0.25) is 0 Å². The molecule has 0 heterocycles. The normalized spacial score (nSPS) is 10.5. The third kappa shape index (κ3) is 6.39. The van der Waals surface area contributed by atoms with Gasteiger partial charge in [0.05, 0.1) is 18.4 Å². The van der Waals surface area contributed by atoms with Crippen LogP contribution in [-0.2, 0) is 9.53 Å². The molecule has 0 atom stereocenters. The largest absolute Gasteiger partial charge is 0.484 e. The number of carbonyl (C=O) groups is 2. The van der Waals surface area contributed by atoms with Crippen molar-refractivity contribution in [1.29, 1.82) is 0 Å². The van der Waals surface area contributed by atoms with Crippen LogP contribution in [0.4, 0.5) is 0 Å². The number of nitrogens with one attached hydrogen (secondary N) is 1. The quantitative estimate of drug-likeness (QED) is 0.449. The molecule has 0 bridgehead atoms. The van der Waals surface area contributed by atoms with Crippen molar-refractivity contribution in [3.63, 3.8) is 0 Å². The van der Waals surface area contributed by atoms with Gasteiger partial charge in [0.2, 0.25) is 0 Å². The van der Waals surface area contributed by atoms with Gasteiger partial charge in [-0.05, 0) is 43.2 Å². The maximum atomic E-state index is 11.7. The van der Waals surface area contributed by atoms with Crippen LogP contribution in [0.25, 0.3) is 0 Å². The van der Waals surface area contributed by atoms with Gasteiger partial charge in [0.1, 0.15) is 5.75 Å². The van der Waals surface area contributed by atoms with Crippen molar-refractivity contribution in [1.82, 2.24) is 5.43 Å². The van der Waals surface area contributed by atoms with Gasteiger partial charge in [-0.1, -0.05) is 36.8 Å². The number of benzene rings is 2. The molecule has 0 aliphatic carbocycles. The van der Waals surface area contributed by atoms with Crippen LogP contribution in [0.1, 0.15) is 34.8 Å². The molecule has 1 amide bonds. The van der Waals surface area contributed by atoms with E-state index in [-0.39, 0.29) is 18.5 Å². The first kappa shape index (κ1) is 19.2. The lowest BCUT2D eigenvalue weighted by Gasteiger charge is -2.06. The Hall–Kier alpha value is -3.15. The summed E-state index contributed by atoms with van der Waals surface area (Å²) in [5, 5.41) is 3.90. The molecule has 6 heteroatoms. The summed E-state index contributed by atoms with van der Waals surface area (Å²) in [4.78, 5) is 23.4. The molecular formula is C20H22N2O4. The molecule has 26 heavy (non-hydrogen) atoms. The zero-order valence-electron chi connectivity index (χ0n) is 14.9. The lowest BCUT2D eigenvalue weighted by atomic mass is 10.2. The Morgan fingerprint density at radius 3 is 2.62 bits per heavy atom. The van der Waals surface area contributed by atoms with Gasteiger partial charge in [-0.2, -0.15) is 5.10 Å². The summed E-state index contributed by atoms with van der Waals surface area (Å²) >= 11 is 0. The standard InChI is InChI=1S/C20H22N2O4/c1-3-11-25-20(24)17-7-9-18(10-8-17)26-14-19(23)22-21-13-16-6-4-5-15(2)12-16/h4-10,12-13H,3,11,14H2,1-2H3,(H,22,23). The molecule has 1 N–H and O–H groups in total. The summed E-state index contributed by atoms with van der Waals surface area (Å²) in [6, 6.07) is 14.2. The second kappa shape index (κ2) is 9.98. The van der Waals surface area contributed by atoms with Crippen molar-refractivity contribution >= 4 is 18.1 Å². The van der Waals surface area contributed by atoms with Crippen molar-refractivity contribution in [2.75, 3.05) is 13.2 Å². The summed E-state index contributed by atoms with van der Waals surface area (Å²) in [7, 11) is 0. The number of ether oxygens (including phenoxy) is 2. The van der Waals surface area contributed by atoms with E-state index in [1.807, 2.05) is 38.1 Å². The number of esters is 1. The number of amides is 1. The Bertz CT molecular complexity index is 770. The van der Waals surface area contributed by atoms with E-state index in [2.05, 4.69) is 10.5 Å². The molecule has 2 rings (SSSR count). The Morgan fingerprint density at radius 2 is 1.92 bits per heavy atom. The summed E-state index contributed by atoms with van der Waals surface area (Å²) < 4.78 is 10.4. The molecule has 0 spiro atoms. The summed E-state index contributed by atoms with van der Waals surface area (Å²) in [5.41, 5.74) is 4.86. The number of aryl methyl sites for hydroxylation is 1. The molecule has 0 radical (unpaired) electrons. The Balaban J connectivity index is 1.77. The molecule has 0 aliphatic rings. The fourth-order valence-electron chi connectivity index (χ4n) is 2.08. The van der Waals surface area contributed by atoms with Crippen LogP contribution in [-0.4, -0.2) is 31.3 Å². The van der Waals surface area contributed by atoms with Crippen LogP contribution >= 0.6 is 0 Å². The van der Waals surface area contributed by atoms with Gasteiger partial charge in [-0.15, -0.1) is 0 Å². The maximum absolute atomic E-state index is 11.7. The lowest BCUT2D eigenvalue weighted by molar-refractivity contribution is -0.123. The highest BCUT2D eigenvalue weighted by Crippen LogP contribution is 2.13. The van der Waals surface area contributed by atoms with E-state index in [9.17, 15) is 9.59 Å². The minimum absolute atomic E-state index is 0.176. The summed E-state index contributed by atoms with van der Waals surface area (Å²) in [5.74, 6) is -0.267. The predicted molar refractivity (Wildman–Crippen MR) is 99.4 cm³/mol. The van der Waals surface area contributed by atoms with Gasteiger partial charge in [0.25, 0.3) is 5.91 Å². The molecule has 136 valence electrons. The van der Waals surface area contributed by atoms with Gasteiger partial charge in [-0.3, -0.25) is 4.79 Å². The molecule has 2 aromatic carbocycles. The smallest absolute Gasteiger partial charge is 0.338 e. The predicted octanol–water partition coefficient (Wildman–Crippen LogP) is 3.09. The fraction of sp³-hybridized carbons (Fsp3) is 0.250. The van der Waals surface area contributed by atoms with E-state index < -0.39 is 0 Å². The van der Waals surface area contributed by atoms with Crippen molar-refractivity contribution in [2.45, 2.75) is 20.3 Å². The SMILES string of the molecule is CCCOC(=O)c1ccc(OCC(=O)NN=Cc2cccc(C)c2)cc1. The maximum Gasteiger partial charge on any atom is 0.338 e. The molecule has 0 fully saturated rings. The first-order valence-electron chi connectivity index (χ1n) is 8.37. The second-order valence-electron chi connectivity index (χ2n) is 5.66. The van der Waals surface area contributed by atoms with Crippen LogP contribution in [0, 0.1) is 6.92 Å². The molecule has 0 aromatic heterocycles. The topological polar surface area (TPSA) is 77.0 Å². The van der Waals surface area contributed by atoms with Gasteiger partial charge in [0, 0.05) is 0 Å².